The van der Waals surface area contributed by atoms with Gasteiger partial charge in [-0.25, -0.2) is 4.39 Å². The summed E-state index contributed by atoms with van der Waals surface area (Å²) < 4.78 is 19.6. The van der Waals surface area contributed by atoms with Gasteiger partial charge in [0.1, 0.15) is 11.6 Å². The fraction of sp³-hybridized carbons (Fsp3) is 0.241. The molecule has 0 aliphatic carbocycles. The molecule has 0 aliphatic heterocycles. The van der Waals surface area contributed by atoms with Crippen molar-refractivity contribution in [2.24, 2.45) is 0 Å². The fourth-order valence-electron chi connectivity index (χ4n) is 4.19. The van der Waals surface area contributed by atoms with E-state index in [1.807, 2.05) is 25.1 Å². The van der Waals surface area contributed by atoms with Crippen molar-refractivity contribution in [1.82, 2.24) is 15.6 Å². The Morgan fingerprint density at radius 2 is 1.78 bits per heavy atom. The van der Waals surface area contributed by atoms with Crippen LogP contribution in [-0.2, 0) is 6.42 Å². The second kappa shape index (κ2) is 11.7. The number of ether oxygens (including phenoxy) is 1. The van der Waals surface area contributed by atoms with Gasteiger partial charge in [0.05, 0.1) is 24.8 Å². The molecule has 4 N–H and O–H groups in total. The lowest BCUT2D eigenvalue weighted by atomic mass is 10.00. The number of carbonyl (C=O) groups excluding carboxylic acids is 2. The Morgan fingerprint density at radius 3 is 2.49 bits per heavy atom. The molecule has 4 rings (SSSR count). The molecule has 2 amide bonds. The first kappa shape index (κ1) is 25.9. The number of amides is 2. The summed E-state index contributed by atoms with van der Waals surface area (Å²) in [5.74, 6) is -0.477. The zero-order valence-corrected chi connectivity index (χ0v) is 20.8. The molecule has 0 saturated carbocycles. The molecule has 0 fully saturated rings. The average molecular weight is 504 g/mol. The molecule has 1 heterocycles. The second-order valence-corrected chi connectivity index (χ2v) is 8.78. The molecule has 1 aromatic heterocycles. The average Bonchev–Trinajstić information content (AvgIpc) is 3.32. The van der Waals surface area contributed by atoms with Gasteiger partial charge >= 0.3 is 0 Å². The van der Waals surface area contributed by atoms with E-state index in [9.17, 15) is 19.1 Å². The van der Waals surface area contributed by atoms with Gasteiger partial charge in [0.2, 0.25) is 0 Å². The molecule has 1 unspecified atom stereocenters. The van der Waals surface area contributed by atoms with Gasteiger partial charge in [-0.1, -0.05) is 25.1 Å². The molecular formula is C29H30FN3O4. The van der Waals surface area contributed by atoms with Crippen LogP contribution in [0.2, 0.25) is 0 Å². The number of hydrogen-bond acceptors (Lipinski definition) is 4. The lowest BCUT2D eigenvalue weighted by Crippen LogP contribution is -2.39. The van der Waals surface area contributed by atoms with Crippen molar-refractivity contribution >= 4 is 22.7 Å². The first-order valence-electron chi connectivity index (χ1n) is 12.2. The first-order chi connectivity index (χ1) is 17.9. The number of rotatable bonds is 10. The van der Waals surface area contributed by atoms with Crippen molar-refractivity contribution in [3.05, 3.63) is 89.4 Å². The molecule has 0 radical (unpaired) electrons. The van der Waals surface area contributed by atoms with E-state index in [2.05, 4.69) is 15.6 Å². The van der Waals surface area contributed by atoms with Crippen LogP contribution in [0.4, 0.5) is 4.39 Å². The van der Waals surface area contributed by atoms with Crippen LogP contribution < -0.4 is 15.4 Å². The maximum atomic E-state index is 13.8. The summed E-state index contributed by atoms with van der Waals surface area (Å²) in [6.07, 6.45) is 2.86. The summed E-state index contributed by atoms with van der Waals surface area (Å²) in [5.41, 5.74) is 4.07. The van der Waals surface area contributed by atoms with Crippen LogP contribution in [0.1, 0.15) is 39.6 Å². The molecule has 3 aromatic carbocycles. The molecule has 0 saturated heterocycles. The van der Waals surface area contributed by atoms with Gasteiger partial charge in [-0.05, 0) is 72.0 Å². The molecule has 192 valence electrons. The number of aromatic nitrogens is 1. The predicted octanol–water partition coefficient (Wildman–Crippen LogP) is 4.46. The van der Waals surface area contributed by atoms with Crippen LogP contribution in [0.3, 0.4) is 0 Å². The Kier molecular flexibility index (Phi) is 8.20. The van der Waals surface area contributed by atoms with Gasteiger partial charge in [0, 0.05) is 29.7 Å². The Bertz CT molecular complexity index is 1400. The number of H-pyrrole nitrogens is 1. The highest BCUT2D eigenvalue weighted by molar-refractivity contribution is 5.99. The summed E-state index contributed by atoms with van der Waals surface area (Å²) >= 11 is 0. The lowest BCUT2D eigenvalue weighted by molar-refractivity contribution is 0.0911. The van der Waals surface area contributed by atoms with Gasteiger partial charge in [-0.15, -0.1) is 0 Å². The SMILES string of the molecule is CCCOc1ccc(-c2ccc(C(=O)NC)cc2)cc1C(=O)NC(CO)Cc1c[nH]c2ccc(F)cc12. The number of aliphatic hydroxyl groups excluding tert-OH is 1. The van der Waals surface area contributed by atoms with Crippen LogP contribution in [0.15, 0.2) is 66.9 Å². The number of halogens is 1. The molecule has 37 heavy (non-hydrogen) atoms. The molecule has 0 spiro atoms. The Balaban J connectivity index is 1.59. The molecule has 1 atom stereocenters. The maximum Gasteiger partial charge on any atom is 0.255 e. The van der Waals surface area contributed by atoms with Gasteiger partial charge in [-0.2, -0.15) is 0 Å². The van der Waals surface area contributed by atoms with Gasteiger partial charge in [0.15, 0.2) is 0 Å². The summed E-state index contributed by atoms with van der Waals surface area (Å²) in [6, 6.07) is 16.3. The third kappa shape index (κ3) is 5.98. The highest BCUT2D eigenvalue weighted by Crippen LogP contribution is 2.28. The number of hydrogen-bond donors (Lipinski definition) is 4. The monoisotopic (exact) mass is 503 g/mol. The van der Waals surface area contributed by atoms with Gasteiger partial charge in [-0.3, -0.25) is 9.59 Å². The smallest absolute Gasteiger partial charge is 0.255 e. The topological polar surface area (TPSA) is 103 Å². The summed E-state index contributed by atoms with van der Waals surface area (Å²) in [5, 5.41) is 16.2. The first-order valence-corrected chi connectivity index (χ1v) is 12.2. The van der Waals surface area contributed by atoms with Crippen molar-refractivity contribution < 1.29 is 23.8 Å². The van der Waals surface area contributed by atoms with Crippen LogP contribution in [0.5, 0.6) is 5.75 Å². The minimum absolute atomic E-state index is 0.178. The highest BCUT2D eigenvalue weighted by Gasteiger charge is 2.20. The third-order valence-corrected chi connectivity index (χ3v) is 6.14. The number of aliphatic hydroxyl groups is 1. The zero-order valence-electron chi connectivity index (χ0n) is 20.8. The van der Waals surface area contributed by atoms with E-state index in [1.54, 1.807) is 43.6 Å². The minimum Gasteiger partial charge on any atom is -0.493 e. The van der Waals surface area contributed by atoms with E-state index >= 15 is 0 Å². The van der Waals surface area contributed by atoms with Crippen molar-refractivity contribution in [2.75, 3.05) is 20.3 Å². The quantitative estimate of drug-likeness (QED) is 0.257. The van der Waals surface area contributed by atoms with Gasteiger partial charge < -0.3 is 25.5 Å². The number of carbonyl (C=O) groups is 2. The van der Waals surface area contributed by atoms with Crippen LogP contribution in [0.25, 0.3) is 22.0 Å². The maximum absolute atomic E-state index is 13.8. The molecule has 8 heteroatoms. The molecule has 4 aromatic rings. The third-order valence-electron chi connectivity index (χ3n) is 6.14. The highest BCUT2D eigenvalue weighted by atomic mass is 19.1. The molecule has 0 aliphatic rings. The largest absolute Gasteiger partial charge is 0.493 e. The van der Waals surface area contributed by atoms with Crippen molar-refractivity contribution in [2.45, 2.75) is 25.8 Å². The van der Waals surface area contributed by atoms with E-state index in [0.29, 0.717) is 35.3 Å². The van der Waals surface area contributed by atoms with E-state index in [0.717, 1.165) is 28.6 Å². The Morgan fingerprint density at radius 1 is 1.03 bits per heavy atom. The van der Waals surface area contributed by atoms with Crippen LogP contribution >= 0.6 is 0 Å². The zero-order chi connectivity index (χ0) is 26.4. The summed E-state index contributed by atoms with van der Waals surface area (Å²) in [7, 11) is 1.58. The second-order valence-electron chi connectivity index (χ2n) is 8.78. The Hall–Kier alpha value is -4.17. The van der Waals surface area contributed by atoms with E-state index in [-0.39, 0.29) is 24.2 Å². The van der Waals surface area contributed by atoms with Crippen LogP contribution in [0, 0.1) is 5.82 Å². The summed E-state index contributed by atoms with van der Waals surface area (Å²) in [4.78, 5) is 28.3. The van der Waals surface area contributed by atoms with Crippen molar-refractivity contribution in [3.8, 4) is 16.9 Å². The van der Waals surface area contributed by atoms with E-state index in [1.165, 1.54) is 12.1 Å². The lowest BCUT2D eigenvalue weighted by Gasteiger charge is -2.18. The number of aromatic amines is 1. The number of fused-ring (bicyclic) bond motifs is 1. The van der Waals surface area contributed by atoms with E-state index in [4.69, 9.17) is 4.74 Å². The number of nitrogens with one attached hydrogen (secondary N) is 3. The van der Waals surface area contributed by atoms with E-state index < -0.39 is 6.04 Å². The van der Waals surface area contributed by atoms with Crippen molar-refractivity contribution in [3.63, 3.8) is 0 Å². The minimum atomic E-state index is -0.593. The van der Waals surface area contributed by atoms with Crippen molar-refractivity contribution in [1.29, 1.82) is 0 Å². The van der Waals surface area contributed by atoms with Crippen LogP contribution in [-0.4, -0.2) is 48.2 Å². The van der Waals surface area contributed by atoms with Gasteiger partial charge in [0.25, 0.3) is 11.8 Å². The number of benzene rings is 3. The standard InChI is InChI=1S/C29H30FN3O4/c1-3-12-37-27-11-8-20(18-4-6-19(7-5-18)28(35)31-2)14-25(27)29(36)33-23(17-34)13-21-16-32-26-10-9-22(30)15-24(21)26/h4-11,14-16,23,32,34H,3,12-13,17H2,1-2H3,(H,31,35)(H,33,36). The molecule has 0 bridgehead atoms. The Labute approximate surface area is 214 Å². The predicted molar refractivity (Wildman–Crippen MR) is 141 cm³/mol. The fourth-order valence-corrected chi connectivity index (χ4v) is 4.19. The molecule has 7 nitrogen and oxygen atoms in total. The normalized spacial score (nSPS) is 11.8. The molecular weight excluding hydrogens is 473 g/mol. The summed E-state index contributed by atoms with van der Waals surface area (Å²) in [6.45, 7) is 2.14.